The van der Waals surface area contributed by atoms with Crippen molar-refractivity contribution in [1.82, 2.24) is 20.4 Å². The van der Waals surface area contributed by atoms with Crippen LogP contribution in [0.25, 0.3) is 0 Å². The molecule has 0 rings (SSSR count). The van der Waals surface area contributed by atoms with Gasteiger partial charge in [-0.05, 0) is 73.1 Å². The third-order valence-corrected chi connectivity index (χ3v) is 6.68. The lowest BCUT2D eigenvalue weighted by Gasteiger charge is -2.25. The van der Waals surface area contributed by atoms with E-state index in [0.29, 0.717) is 19.7 Å². The Kier molecular flexibility index (Phi) is 20.7. The summed E-state index contributed by atoms with van der Waals surface area (Å²) in [4.78, 5) is 29.2. The number of ether oxygens (including phenoxy) is 2. The number of alkyl carbamates (subject to hydrolysis) is 1. The van der Waals surface area contributed by atoms with Crippen LogP contribution in [-0.4, -0.2) is 94.0 Å². The first kappa shape index (κ1) is 35.6. The van der Waals surface area contributed by atoms with Crippen LogP contribution < -0.4 is 10.6 Å². The molecule has 0 aromatic rings. The van der Waals surface area contributed by atoms with Gasteiger partial charge in [0.05, 0.1) is 6.10 Å². The largest absolute Gasteiger partial charge is 0.446 e. The maximum absolute atomic E-state index is 12.5. The summed E-state index contributed by atoms with van der Waals surface area (Å²) < 4.78 is 11.2. The van der Waals surface area contributed by atoms with Crippen molar-refractivity contribution in [2.24, 2.45) is 5.41 Å². The molecule has 0 aliphatic carbocycles. The Morgan fingerprint density at radius 2 is 1.32 bits per heavy atom. The Bertz CT molecular complexity index is 578. The zero-order valence-electron chi connectivity index (χ0n) is 25.5. The number of carbonyl (C=O) groups excluding carboxylic acids is 2. The molecule has 0 unspecified atom stereocenters. The van der Waals surface area contributed by atoms with Crippen LogP contribution in [0.4, 0.5) is 4.79 Å². The predicted molar refractivity (Wildman–Crippen MR) is 154 cm³/mol. The smallest absolute Gasteiger partial charge is 0.407 e. The molecule has 8 nitrogen and oxygen atoms in total. The minimum Gasteiger partial charge on any atom is -0.446 e. The van der Waals surface area contributed by atoms with Crippen LogP contribution in [0.3, 0.4) is 0 Å². The van der Waals surface area contributed by atoms with E-state index in [2.05, 4.69) is 48.4 Å². The standard InChI is InChI=1S/C29H60N4O4/c1-9-11-15-26(16-12-10-2)37-28(35)31-19-14-21-33(8)23-22-32(7)20-13-18-30-27(34)29(5,6)17-24-36-25(3)4/h25-26H,9-24H2,1-8H3,(H,30,34)(H,31,35). The van der Waals surface area contributed by atoms with Crippen LogP contribution in [0.15, 0.2) is 0 Å². The van der Waals surface area contributed by atoms with E-state index in [1.807, 2.05) is 27.7 Å². The van der Waals surface area contributed by atoms with E-state index >= 15 is 0 Å². The fourth-order valence-corrected chi connectivity index (χ4v) is 3.88. The summed E-state index contributed by atoms with van der Waals surface area (Å²) in [5.41, 5.74) is -0.416. The topological polar surface area (TPSA) is 83.1 Å². The summed E-state index contributed by atoms with van der Waals surface area (Å²) in [6, 6.07) is 0. The minimum absolute atomic E-state index is 0.0437. The summed E-state index contributed by atoms with van der Waals surface area (Å²) in [5.74, 6) is 0.0946. The van der Waals surface area contributed by atoms with Gasteiger partial charge in [-0.15, -0.1) is 0 Å². The molecule has 0 fully saturated rings. The molecule has 8 heteroatoms. The lowest BCUT2D eigenvalue weighted by molar-refractivity contribution is -0.130. The third-order valence-electron chi connectivity index (χ3n) is 6.68. The predicted octanol–water partition coefficient (Wildman–Crippen LogP) is 5.06. The van der Waals surface area contributed by atoms with E-state index in [1.54, 1.807) is 0 Å². The summed E-state index contributed by atoms with van der Waals surface area (Å²) in [5, 5.41) is 6.00. The molecule has 2 amide bonds. The zero-order chi connectivity index (χ0) is 28.1. The molecule has 37 heavy (non-hydrogen) atoms. The van der Waals surface area contributed by atoms with Crippen molar-refractivity contribution >= 4 is 12.0 Å². The van der Waals surface area contributed by atoms with Gasteiger partial charge in [0.1, 0.15) is 6.10 Å². The molecule has 0 atom stereocenters. The van der Waals surface area contributed by atoms with E-state index in [9.17, 15) is 9.59 Å². The zero-order valence-corrected chi connectivity index (χ0v) is 25.5. The summed E-state index contributed by atoms with van der Waals surface area (Å²) in [6.07, 6.45) is 8.86. The van der Waals surface area contributed by atoms with Crippen molar-refractivity contribution in [1.29, 1.82) is 0 Å². The van der Waals surface area contributed by atoms with Crippen molar-refractivity contribution in [3.8, 4) is 0 Å². The summed E-state index contributed by atoms with van der Waals surface area (Å²) in [7, 11) is 4.23. The van der Waals surface area contributed by atoms with E-state index in [1.165, 1.54) is 0 Å². The van der Waals surface area contributed by atoms with E-state index < -0.39 is 5.41 Å². The average Bonchev–Trinajstić information content (AvgIpc) is 2.84. The SMILES string of the molecule is CCCCC(CCCC)OC(=O)NCCCN(C)CCN(C)CCCNC(=O)C(C)(C)CCOC(C)C. The van der Waals surface area contributed by atoms with Crippen LogP contribution in [-0.2, 0) is 14.3 Å². The fourth-order valence-electron chi connectivity index (χ4n) is 3.88. The maximum atomic E-state index is 12.5. The first-order chi connectivity index (χ1) is 17.5. The highest BCUT2D eigenvalue weighted by atomic mass is 16.6. The van der Waals surface area contributed by atoms with E-state index in [4.69, 9.17) is 9.47 Å². The first-order valence-corrected chi connectivity index (χ1v) is 14.7. The van der Waals surface area contributed by atoms with Crippen molar-refractivity contribution in [3.05, 3.63) is 0 Å². The summed E-state index contributed by atoms with van der Waals surface area (Å²) in [6.45, 7) is 18.0. The molecule has 0 bridgehead atoms. The van der Waals surface area contributed by atoms with Crippen LogP contribution >= 0.6 is 0 Å². The molecular formula is C29H60N4O4. The number of hydrogen-bond acceptors (Lipinski definition) is 6. The highest BCUT2D eigenvalue weighted by Gasteiger charge is 2.27. The van der Waals surface area contributed by atoms with Gasteiger partial charge in [-0.25, -0.2) is 4.79 Å². The van der Waals surface area contributed by atoms with Crippen molar-refractivity contribution < 1.29 is 19.1 Å². The molecule has 0 saturated carbocycles. The lowest BCUT2D eigenvalue weighted by Crippen LogP contribution is -2.39. The number of rotatable bonds is 23. The number of carbonyl (C=O) groups is 2. The van der Waals surface area contributed by atoms with Gasteiger partial charge in [-0.1, -0.05) is 53.4 Å². The minimum atomic E-state index is -0.416. The average molecular weight is 529 g/mol. The van der Waals surface area contributed by atoms with Gasteiger partial charge in [0.2, 0.25) is 5.91 Å². The Morgan fingerprint density at radius 1 is 0.811 bits per heavy atom. The molecule has 220 valence electrons. The number of likely N-dealkylation sites (N-methyl/N-ethyl adjacent to an activating group) is 2. The number of amides is 2. The van der Waals surface area contributed by atoms with Gasteiger partial charge in [-0.2, -0.15) is 0 Å². The normalized spacial score (nSPS) is 12.1. The van der Waals surface area contributed by atoms with Crippen molar-refractivity contribution in [2.45, 2.75) is 112 Å². The van der Waals surface area contributed by atoms with Crippen molar-refractivity contribution in [3.63, 3.8) is 0 Å². The quantitative estimate of drug-likeness (QED) is 0.180. The maximum Gasteiger partial charge on any atom is 0.407 e. The molecule has 0 aromatic heterocycles. The number of unbranched alkanes of at least 4 members (excludes halogenated alkanes) is 2. The van der Waals surface area contributed by atoms with Crippen LogP contribution in [0.1, 0.15) is 99.3 Å². The van der Waals surface area contributed by atoms with E-state index in [-0.39, 0.29) is 24.2 Å². The lowest BCUT2D eigenvalue weighted by atomic mass is 9.88. The van der Waals surface area contributed by atoms with Gasteiger partial charge in [0.25, 0.3) is 0 Å². The Morgan fingerprint density at radius 3 is 1.81 bits per heavy atom. The van der Waals surface area contributed by atoms with Crippen molar-refractivity contribution in [2.75, 3.05) is 60.0 Å². The second-order valence-electron chi connectivity index (χ2n) is 11.4. The Balaban J connectivity index is 3.94. The van der Waals surface area contributed by atoms with Gasteiger partial charge in [-0.3, -0.25) is 4.79 Å². The van der Waals surface area contributed by atoms with Crippen LogP contribution in [0.5, 0.6) is 0 Å². The second-order valence-corrected chi connectivity index (χ2v) is 11.4. The number of nitrogens with one attached hydrogen (secondary N) is 2. The monoisotopic (exact) mass is 528 g/mol. The molecule has 0 aliphatic rings. The fraction of sp³-hybridized carbons (Fsp3) is 0.931. The Hall–Kier alpha value is -1.38. The molecule has 0 aromatic carbocycles. The first-order valence-electron chi connectivity index (χ1n) is 14.7. The molecule has 0 radical (unpaired) electrons. The number of nitrogens with zero attached hydrogens (tertiary/aromatic N) is 2. The second kappa shape index (κ2) is 21.5. The molecule has 0 spiro atoms. The van der Waals surface area contributed by atoms with Gasteiger partial charge < -0.3 is 29.9 Å². The molecule has 0 aliphatic heterocycles. The molecule has 2 N–H and O–H groups in total. The number of hydrogen-bond donors (Lipinski definition) is 2. The van der Waals surface area contributed by atoms with Gasteiger partial charge in [0.15, 0.2) is 0 Å². The van der Waals surface area contributed by atoms with E-state index in [0.717, 1.165) is 84.0 Å². The van der Waals surface area contributed by atoms with Gasteiger partial charge in [0, 0.05) is 38.2 Å². The third kappa shape index (κ3) is 20.3. The van der Waals surface area contributed by atoms with Gasteiger partial charge >= 0.3 is 6.09 Å². The van der Waals surface area contributed by atoms with Crippen LogP contribution in [0.2, 0.25) is 0 Å². The Labute approximate surface area is 228 Å². The highest BCUT2D eigenvalue weighted by molar-refractivity contribution is 5.81. The van der Waals surface area contributed by atoms with Crippen LogP contribution in [0, 0.1) is 5.41 Å². The highest BCUT2D eigenvalue weighted by Crippen LogP contribution is 2.20. The summed E-state index contributed by atoms with van der Waals surface area (Å²) >= 11 is 0. The molecular weight excluding hydrogens is 468 g/mol. The molecule has 0 saturated heterocycles. The molecule has 0 heterocycles.